The summed E-state index contributed by atoms with van der Waals surface area (Å²) >= 11 is 0. The summed E-state index contributed by atoms with van der Waals surface area (Å²) < 4.78 is 21.4. The van der Waals surface area contributed by atoms with Gasteiger partial charge in [-0.15, -0.1) is 0 Å². The molecular formula is C24H24N4O6. The van der Waals surface area contributed by atoms with Crippen LogP contribution in [-0.4, -0.2) is 46.7 Å². The largest absolute Gasteiger partial charge is 0.485 e. The van der Waals surface area contributed by atoms with E-state index < -0.39 is 0 Å². The Labute approximate surface area is 195 Å². The highest BCUT2D eigenvalue weighted by Gasteiger charge is 2.29. The average molecular weight is 464 g/mol. The number of fused-ring (bicyclic) bond motifs is 1. The highest BCUT2D eigenvalue weighted by atomic mass is 16.7. The number of aryl methyl sites for hydroxylation is 1. The minimum Gasteiger partial charge on any atom is -0.485 e. The number of nitrogens with one attached hydrogen (secondary N) is 1. The van der Waals surface area contributed by atoms with Crippen LogP contribution in [0.25, 0.3) is 0 Å². The Bertz CT molecular complexity index is 1200. The minimum atomic E-state index is -0.178. The summed E-state index contributed by atoms with van der Waals surface area (Å²) in [5.41, 5.74) is 1.13. The maximum Gasteiger partial charge on any atom is 0.257 e. The second kappa shape index (κ2) is 9.42. The molecule has 1 N–H and O–H groups in total. The Morgan fingerprint density at radius 2 is 1.91 bits per heavy atom. The Balaban J connectivity index is 1.17. The zero-order valence-electron chi connectivity index (χ0n) is 18.7. The van der Waals surface area contributed by atoms with Crippen molar-refractivity contribution < 1.29 is 28.3 Å². The van der Waals surface area contributed by atoms with Crippen molar-refractivity contribution in [3.8, 4) is 17.2 Å². The number of hydrogen-bond donors (Lipinski definition) is 1. The number of nitrogens with zero attached hydrogens (tertiary/aromatic N) is 3. The number of benzene rings is 2. The van der Waals surface area contributed by atoms with E-state index in [0.717, 1.165) is 0 Å². The number of piperidine rings is 1. The van der Waals surface area contributed by atoms with Crippen molar-refractivity contribution in [1.29, 1.82) is 0 Å². The van der Waals surface area contributed by atoms with Gasteiger partial charge in [0.1, 0.15) is 5.75 Å². The van der Waals surface area contributed by atoms with Crippen molar-refractivity contribution in [2.45, 2.75) is 26.4 Å². The zero-order chi connectivity index (χ0) is 23.5. The van der Waals surface area contributed by atoms with Crippen molar-refractivity contribution in [1.82, 2.24) is 15.0 Å². The molecule has 3 heterocycles. The predicted molar refractivity (Wildman–Crippen MR) is 120 cm³/mol. The minimum absolute atomic E-state index is 0.0647. The normalized spacial score (nSPS) is 15.3. The zero-order valence-corrected chi connectivity index (χ0v) is 18.7. The molecule has 10 heteroatoms. The van der Waals surface area contributed by atoms with E-state index in [0.29, 0.717) is 66.1 Å². The molecule has 0 unspecified atom stereocenters. The van der Waals surface area contributed by atoms with Crippen LogP contribution < -0.4 is 19.5 Å². The van der Waals surface area contributed by atoms with Gasteiger partial charge >= 0.3 is 0 Å². The van der Waals surface area contributed by atoms with Crippen LogP contribution in [0.1, 0.15) is 34.9 Å². The number of carbonyl (C=O) groups is 2. The van der Waals surface area contributed by atoms with Crippen LogP contribution >= 0.6 is 0 Å². The highest BCUT2D eigenvalue weighted by molar-refractivity contribution is 5.97. The number of amides is 2. The number of rotatable bonds is 6. The molecule has 10 nitrogen and oxygen atoms in total. The number of hydrogen-bond acceptors (Lipinski definition) is 8. The van der Waals surface area contributed by atoms with Gasteiger partial charge in [0.15, 0.2) is 18.1 Å². The number of para-hydroxylation sites is 1. The van der Waals surface area contributed by atoms with Crippen molar-refractivity contribution in [3.63, 3.8) is 0 Å². The van der Waals surface area contributed by atoms with Crippen molar-refractivity contribution >= 4 is 17.5 Å². The van der Waals surface area contributed by atoms with E-state index in [-0.39, 0.29) is 31.1 Å². The molecule has 1 aromatic heterocycles. The molecule has 3 aromatic rings. The first-order chi connectivity index (χ1) is 16.6. The number of anilines is 1. The molecular weight excluding hydrogens is 440 g/mol. The first kappa shape index (κ1) is 21.7. The van der Waals surface area contributed by atoms with Crippen LogP contribution in [0.3, 0.4) is 0 Å². The average Bonchev–Trinajstić information content (AvgIpc) is 3.51. The molecule has 5 rings (SSSR count). The van der Waals surface area contributed by atoms with Gasteiger partial charge in [-0.05, 0) is 37.1 Å². The Hall–Kier alpha value is -4.08. The number of aromatic nitrogens is 2. The van der Waals surface area contributed by atoms with E-state index in [1.165, 1.54) is 0 Å². The fourth-order valence-corrected chi connectivity index (χ4v) is 4.05. The maximum absolute atomic E-state index is 13.2. The van der Waals surface area contributed by atoms with Crippen molar-refractivity contribution in [2.75, 3.05) is 25.2 Å². The van der Waals surface area contributed by atoms with Gasteiger partial charge in [-0.3, -0.25) is 9.59 Å². The van der Waals surface area contributed by atoms with Gasteiger partial charge in [0.05, 0.1) is 5.56 Å². The lowest BCUT2D eigenvalue weighted by molar-refractivity contribution is -0.121. The van der Waals surface area contributed by atoms with Gasteiger partial charge in [-0.2, -0.15) is 4.98 Å². The van der Waals surface area contributed by atoms with Crippen molar-refractivity contribution in [3.05, 3.63) is 59.7 Å². The smallest absolute Gasteiger partial charge is 0.257 e. The third kappa shape index (κ3) is 4.66. The predicted octanol–water partition coefficient (Wildman–Crippen LogP) is 3.18. The van der Waals surface area contributed by atoms with Crippen molar-refractivity contribution in [2.24, 2.45) is 5.92 Å². The third-order valence-corrected chi connectivity index (χ3v) is 5.84. The van der Waals surface area contributed by atoms with E-state index in [2.05, 4.69) is 15.5 Å². The van der Waals surface area contributed by atoms with Gasteiger partial charge in [-0.1, -0.05) is 17.3 Å². The lowest BCUT2D eigenvalue weighted by Gasteiger charge is -2.31. The molecule has 2 amide bonds. The molecule has 0 atom stereocenters. The lowest BCUT2D eigenvalue weighted by atomic mass is 9.95. The summed E-state index contributed by atoms with van der Waals surface area (Å²) in [6.45, 7) is 2.95. The van der Waals surface area contributed by atoms with E-state index in [1.807, 2.05) is 0 Å². The van der Waals surface area contributed by atoms with E-state index in [1.54, 1.807) is 54.3 Å². The van der Waals surface area contributed by atoms with Crippen LogP contribution in [0.4, 0.5) is 5.69 Å². The molecule has 2 aliphatic rings. The Kier molecular flexibility index (Phi) is 6.03. The first-order valence-corrected chi connectivity index (χ1v) is 11.1. The van der Waals surface area contributed by atoms with Gasteiger partial charge in [-0.25, -0.2) is 0 Å². The highest BCUT2D eigenvalue weighted by Crippen LogP contribution is 2.34. The summed E-state index contributed by atoms with van der Waals surface area (Å²) in [7, 11) is 0. The monoisotopic (exact) mass is 464 g/mol. The molecule has 0 saturated carbocycles. The van der Waals surface area contributed by atoms with E-state index in [4.69, 9.17) is 18.7 Å². The molecule has 1 fully saturated rings. The SMILES string of the molecule is Cc1nc(COc2ccccc2C(=O)N2CCC(C(=O)Nc3ccc4c(c3)OCO4)CC2)no1. The van der Waals surface area contributed by atoms with Gasteiger partial charge in [0, 0.05) is 37.7 Å². The number of likely N-dealkylation sites (tertiary alicyclic amines) is 1. The summed E-state index contributed by atoms with van der Waals surface area (Å²) in [6, 6.07) is 12.4. The maximum atomic E-state index is 13.2. The van der Waals surface area contributed by atoms with Gasteiger partial charge in [0.25, 0.3) is 5.91 Å². The van der Waals surface area contributed by atoms with E-state index in [9.17, 15) is 9.59 Å². The quantitative estimate of drug-likeness (QED) is 0.591. The molecule has 0 bridgehead atoms. The van der Waals surface area contributed by atoms with Crippen LogP contribution in [0.2, 0.25) is 0 Å². The van der Waals surface area contributed by atoms with Crippen LogP contribution in [-0.2, 0) is 11.4 Å². The second-order valence-corrected chi connectivity index (χ2v) is 8.14. The van der Waals surface area contributed by atoms with E-state index >= 15 is 0 Å². The standard InChI is InChI=1S/C24H24N4O6/c1-15-25-22(27-34-15)13-31-19-5-3-2-4-18(19)24(30)28-10-8-16(9-11-28)23(29)26-17-6-7-20-21(12-17)33-14-32-20/h2-7,12,16H,8-11,13-14H2,1H3,(H,26,29). The molecule has 2 aromatic carbocycles. The summed E-state index contributed by atoms with van der Waals surface area (Å²) in [5.74, 6) is 2.23. The third-order valence-electron chi connectivity index (χ3n) is 5.84. The van der Waals surface area contributed by atoms with Crippen LogP contribution in [0.15, 0.2) is 47.0 Å². The summed E-state index contributed by atoms with van der Waals surface area (Å²) in [5, 5.41) is 6.75. The molecule has 0 aliphatic carbocycles. The van der Waals surface area contributed by atoms with Crippen LogP contribution in [0, 0.1) is 12.8 Å². The molecule has 34 heavy (non-hydrogen) atoms. The Morgan fingerprint density at radius 1 is 1.12 bits per heavy atom. The molecule has 1 saturated heterocycles. The van der Waals surface area contributed by atoms with Crippen LogP contribution in [0.5, 0.6) is 17.2 Å². The fraction of sp³-hybridized carbons (Fsp3) is 0.333. The number of ether oxygens (including phenoxy) is 3. The van der Waals surface area contributed by atoms with Gasteiger partial charge < -0.3 is 29.0 Å². The molecule has 2 aliphatic heterocycles. The number of carbonyl (C=O) groups excluding carboxylic acids is 2. The summed E-state index contributed by atoms with van der Waals surface area (Å²) in [6.07, 6.45) is 1.15. The topological polar surface area (TPSA) is 116 Å². The van der Waals surface area contributed by atoms with Gasteiger partial charge in [0.2, 0.25) is 24.4 Å². The molecule has 0 spiro atoms. The molecule has 0 radical (unpaired) electrons. The first-order valence-electron chi connectivity index (χ1n) is 11.1. The summed E-state index contributed by atoms with van der Waals surface area (Å²) in [4.78, 5) is 31.8. The molecule has 176 valence electrons. The second-order valence-electron chi connectivity index (χ2n) is 8.14. The lowest BCUT2D eigenvalue weighted by Crippen LogP contribution is -2.41. The Morgan fingerprint density at radius 3 is 2.71 bits per heavy atom. The fourth-order valence-electron chi connectivity index (χ4n) is 4.05.